The molecule has 1 atom stereocenters. The smallest absolute Gasteiger partial charge is 0.323 e. The van der Waals surface area contributed by atoms with Crippen LogP contribution < -0.4 is 0 Å². The predicted molar refractivity (Wildman–Crippen MR) is 76.3 cm³/mol. The lowest BCUT2D eigenvalue weighted by Crippen LogP contribution is -2.47. The third-order valence-electron chi connectivity index (χ3n) is 3.59. The van der Waals surface area contributed by atoms with Crippen molar-refractivity contribution in [2.75, 3.05) is 12.8 Å². The lowest BCUT2D eigenvalue weighted by atomic mass is 9.99. The number of carboxylic acid groups (broad SMARTS) is 1. The second-order valence-corrected chi connectivity index (χ2v) is 8.49. The Kier molecular flexibility index (Phi) is 4.17. The van der Waals surface area contributed by atoms with Crippen molar-refractivity contribution in [3.8, 4) is 0 Å². The maximum Gasteiger partial charge on any atom is 0.323 e. The highest BCUT2D eigenvalue weighted by molar-refractivity contribution is 7.90. The Labute approximate surface area is 122 Å². The maximum atomic E-state index is 11.4. The minimum absolute atomic E-state index is 0.0616. The summed E-state index contributed by atoms with van der Waals surface area (Å²) in [4.78, 5) is 17.6. The van der Waals surface area contributed by atoms with Gasteiger partial charge in [0.1, 0.15) is 16.3 Å². The molecule has 2 rings (SSSR count). The van der Waals surface area contributed by atoms with Crippen molar-refractivity contribution < 1.29 is 18.3 Å². The van der Waals surface area contributed by atoms with Gasteiger partial charge in [-0.3, -0.25) is 9.69 Å². The van der Waals surface area contributed by atoms with E-state index in [0.717, 1.165) is 18.7 Å². The summed E-state index contributed by atoms with van der Waals surface area (Å²) in [5.41, 5.74) is -0.108. The van der Waals surface area contributed by atoms with Crippen molar-refractivity contribution in [2.45, 2.75) is 37.6 Å². The van der Waals surface area contributed by atoms with Gasteiger partial charge < -0.3 is 5.11 Å². The molecule has 1 N–H and O–H groups in total. The summed E-state index contributed by atoms with van der Waals surface area (Å²) in [6.07, 6.45) is 2.65. The Morgan fingerprint density at radius 1 is 1.60 bits per heavy atom. The van der Waals surface area contributed by atoms with E-state index >= 15 is 0 Å². The number of likely N-dealkylation sites (tertiary alicyclic amines) is 1. The van der Waals surface area contributed by atoms with Gasteiger partial charge in [0.15, 0.2) is 9.84 Å². The van der Waals surface area contributed by atoms with E-state index in [2.05, 4.69) is 4.98 Å². The number of thiazole rings is 1. The number of carboxylic acids is 1. The minimum Gasteiger partial charge on any atom is -0.480 e. The minimum atomic E-state index is -3.09. The summed E-state index contributed by atoms with van der Waals surface area (Å²) in [6, 6.07) is 0. The quantitative estimate of drug-likeness (QED) is 0.875. The Morgan fingerprint density at radius 3 is 2.90 bits per heavy atom. The largest absolute Gasteiger partial charge is 0.480 e. The lowest BCUT2D eigenvalue weighted by Gasteiger charge is -2.30. The molecule has 2 heterocycles. The van der Waals surface area contributed by atoms with Crippen LogP contribution in [-0.4, -0.2) is 47.7 Å². The summed E-state index contributed by atoms with van der Waals surface area (Å²) in [6.45, 7) is 2.90. The van der Waals surface area contributed by atoms with E-state index in [1.807, 2.05) is 4.90 Å². The third kappa shape index (κ3) is 3.36. The Morgan fingerprint density at radius 2 is 2.30 bits per heavy atom. The van der Waals surface area contributed by atoms with Gasteiger partial charge in [-0.15, -0.1) is 11.3 Å². The van der Waals surface area contributed by atoms with Crippen LogP contribution in [0.1, 0.15) is 30.5 Å². The van der Waals surface area contributed by atoms with E-state index in [9.17, 15) is 18.3 Å². The van der Waals surface area contributed by atoms with E-state index in [4.69, 9.17) is 0 Å². The van der Waals surface area contributed by atoms with Crippen LogP contribution in [0.15, 0.2) is 5.38 Å². The zero-order valence-corrected chi connectivity index (χ0v) is 13.1. The van der Waals surface area contributed by atoms with Gasteiger partial charge in [0.05, 0.1) is 5.69 Å². The van der Waals surface area contributed by atoms with Gasteiger partial charge in [-0.25, -0.2) is 13.4 Å². The first-order chi connectivity index (χ1) is 9.21. The normalized spacial score (nSPS) is 24.1. The first-order valence-corrected chi connectivity index (χ1v) is 9.24. The number of rotatable bonds is 5. The topological polar surface area (TPSA) is 87.6 Å². The van der Waals surface area contributed by atoms with Gasteiger partial charge in [-0.1, -0.05) is 0 Å². The molecule has 0 bridgehead atoms. The number of nitrogens with zero attached hydrogens (tertiary/aromatic N) is 2. The molecule has 0 spiro atoms. The monoisotopic (exact) mass is 318 g/mol. The van der Waals surface area contributed by atoms with Gasteiger partial charge in [0.2, 0.25) is 0 Å². The molecule has 0 aromatic carbocycles. The molecule has 0 aliphatic carbocycles. The molecule has 1 unspecified atom stereocenters. The third-order valence-corrected chi connectivity index (χ3v) is 5.47. The Bertz CT molecular complexity index is 611. The second kappa shape index (κ2) is 5.42. The molecule has 0 saturated carbocycles. The van der Waals surface area contributed by atoms with Crippen LogP contribution in [0, 0.1) is 0 Å². The van der Waals surface area contributed by atoms with Crippen LogP contribution in [0.25, 0.3) is 0 Å². The average Bonchev–Trinajstić information content (AvgIpc) is 2.86. The standard InChI is InChI=1S/C12H18N2O4S2/c1-12(11(15)16)4-3-5-14(12)6-9-7-19-10(13-9)8-20(2,17)18/h7H,3-6,8H2,1-2H3,(H,15,16). The van der Waals surface area contributed by atoms with E-state index in [-0.39, 0.29) is 5.75 Å². The molecule has 1 aromatic heterocycles. The molecular weight excluding hydrogens is 300 g/mol. The molecule has 1 fully saturated rings. The number of aliphatic carboxylic acids is 1. The van der Waals surface area contributed by atoms with Gasteiger partial charge in [-0.05, 0) is 26.3 Å². The summed E-state index contributed by atoms with van der Waals surface area (Å²) in [5.74, 6) is -0.880. The molecule has 8 heteroatoms. The highest BCUT2D eigenvalue weighted by Gasteiger charge is 2.43. The molecule has 1 aliphatic heterocycles. The van der Waals surface area contributed by atoms with Gasteiger partial charge in [0.25, 0.3) is 0 Å². The summed E-state index contributed by atoms with van der Waals surface area (Å²) in [5, 5.41) is 11.7. The Balaban J connectivity index is 2.09. The fourth-order valence-corrected chi connectivity index (χ4v) is 4.42. The SMILES string of the molecule is CC1(C(=O)O)CCCN1Cc1csc(CS(C)(=O)=O)n1. The van der Waals surface area contributed by atoms with Gasteiger partial charge in [0, 0.05) is 18.2 Å². The molecular formula is C12H18N2O4S2. The van der Waals surface area contributed by atoms with E-state index < -0.39 is 21.3 Å². The van der Waals surface area contributed by atoms with Crippen molar-refractivity contribution in [3.63, 3.8) is 0 Å². The van der Waals surface area contributed by atoms with Crippen LogP contribution in [0.3, 0.4) is 0 Å². The fourth-order valence-electron chi connectivity index (χ4n) is 2.42. The number of hydrogen-bond donors (Lipinski definition) is 1. The molecule has 112 valence electrons. The number of sulfone groups is 1. The summed E-state index contributed by atoms with van der Waals surface area (Å²) >= 11 is 1.30. The molecule has 1 aromatic rings. The van der Waals surface area contributed by atoms with Crippen molar-refractivity contribution >= 4 is 27.1 Å². The highest BCUT2D eigenvalue weighted by Crippen LogP contribution is 2.31. The zero-order chi connectivity index (χ0) is 15.0. The van der Waals surface area contributed by atoms with Crippen molar-refractivity contribution in [2.24, 2.45) is 0 Å². The molecule has 20 heavy (non-hydrogen) atoms. The molecule has 0 amide bonds. The summed E-state index contributed by atoms with van der Waals surface area (Å²) < 4.78 is 22.5. The van der Waals surface area contributed by atoms with Gasteiger partial charge >= 0.3 is 5.97 Å². The number of aromatic nitrogens is 1. The highest BCUT2D eigenvalue weighted by atomic mass is 32.2. The molecule has 0 radical (unpaired) electrons. The number of carbonyl (C=O) groups is 1. The molecule has 6 nitrogen and oxygen atoms in total. The number of hydrogen-bond acceptors (Lipinski definition) is 6. The first kappa shape index (κ1) is 15.4. The maximum absolute atomic E-state index is 11.4. The second-order valence-electron chi connectivity index (χ2n) is 5.41. The van der Waals surface area contributed by atoms with Crippen LogP contribution in [0.5, 0.6) is 0 Å². The predicted octanol–water partition coefficient (Wildman–Crippen LogP) is 1.13. The molecule has 1 saturated heterocycles. The molecule has 1 aliphatic rings. The van der Waals surface area contributed by atoms with E-state index in [1.54, 1.807) is 12.3 Å². The first-order valence-electron chi connectivity index (χ1n) is 6.30. The Hall–Kier alpha value is -0.990. The van der Waals surface area contributed by atoms with Crippen LogP contribution in [0.2, 0.25) is 0 Å². The average molecular weight is 318 g/mol. The zero-order valence-electron chi connectivity index (χ0n) is 11.5. The van der Waals surface area contributed by atoms with Crippen molar-refractivity contribution in [1.82, 2.24) is 9.88 Å². The fraction of sp³-hybridized carbons (Fsp3) is 0.667. The van der Waals surface area contributed by atoms with Gasteiger partial charge in [-0.2, -0.15) is 0 Å². The van der Waals surface area contributed by atoms with E-state index in [1.165, 1.54) is 17.6 Å². The van der Waals surface area contributed by atoms with Crippen LogP contribution in [0.4, 0.5) is 0 Å². The lowest BCUT2D eigenvalue weighted by molar-refractivity contribution is -0.148. The van der Waals surface area contributed by atoms with E-state index in [0.29, 0.717) is 18.0 Å². The van der Waals surface area contributed by atoms with Crippen molar-refractivity contribution in [3.05, 3.63) is 16.1 Å². The van der Waals surface area contributed by atoms with Crippen LogP contribution >= 0.6 is 11.3 Å². The van der Waals surface area contributed by atoms with Crippen LogP contribution in [-0.2, 0) is 26.9 Å². The summed E-state index contributed by atoms with van der Waals surface area (Å²) in [7, 11) is -3.09. The van der Waals surface area contributed by atoms with Crippen molar-refractivity contribution in [1.29, 1.82) is 0 Å².